The van der Waals surface area contributed by atoms with Gasteiger partial charge in [-0.25, -0.2) is 0 Å². The lowest BCUT2D eigenvalue weighted by molar-refractivity contribution is -0.146. The summed E-state index contributed by atoms with van der Waals surface area (Å²) in [5, 5.41) is 9.18. The Morgan fingerprint density at radius 1 is 1.23 bits per heavy atom. The lowest BCUT2D eigenvalue weighted by atomic mass is 9.98. The zero-order valence-electron chi connectivity index (χ0n) is 13.7. The van der Waals surface area contributed by atoms with Gasteiger partial charge in [0.25, 0.3) is 0 Å². The zero-order valence-corrected chi connectivity index (χ0v) is 13.7. The lowest BCUT2D eigenvalue weighted by Crippen LogP contribution is -2.32. The van der Waals surface area contributed by atoms with Gasteiger partial charge >= 0.3 is 5.97 Å². The summed E-state index contributed by atoms with van der Waals surface area (Å²) >= 11 is 0. The molecule has 0 aromatic carbocycles. The van der Waals surface area contributed by atoms with E-state index < -0.39 is 11.9 Å². The van der Waals surface area contributed by atoms with Crippen molar-refractivity contribution in [3.63, 3.8) is 0 Å². The topological polar surface area (TPSA) is 87.2 Å². The molecule has 0 heterocycles. The fraction of sp³-hybridized carbons (Fsp3) is 0.667. The monoisotopic (exact) mass is 314 g/mol. The number of methoxy groups -OCH3 is 1. The number of hydrogen-bond donors (Lipinski definition) is 1. The van der Waals surface area contributed by atoms with Gasteiger partial charge in [0.1, 0.15) is 0 Å². The van der Waals surface area contributed by atoms with Crippen molar-refractivity contribution in [1.29, 1.82) is 0 Å². The number of ether oxygens (including phenoxy) is 1. The van der Waals surface area contributed by atoms with Gasteiger partial charge in [0.2, 0.25) is 11.8 Å². The van der Waals surface area contributed by atoms with Crippen LogP contribution in [0.4, 0.5) is 0 Å². The normalized spacial score (nSPS) is 12.2. The molecule has 0 aliphatic carbocycles. The SMILES string of the molecule is COCCN(C)C(=O)C[C@@H](CC/C=C/C(=O)N(C)C)C(=O)O. The summed E-state index contributed by atoms with van der Waals surface area (Å²) < 4.78 is 4.88. The van der Waals surface area contributed by atoms with E-state index in [4.69, 9.17) is 4.74 Å². The average Bonchev–Trinajstić information content (AvgIpc) is 2.46. The lowest BCUT2D eigenvalue weighted by Gasteiger charge is -2.19. The van der Waals surface area contributed by atoms with Crippen LogP contribution in [0.15, 0.2) is 12.2 Å². The van der Waals surface area contributed by atoms with E-state index in [0.717, 1.165) is 0 Å². The fourth-order valence-corrected chi connectivity index (χ4v) is 1.66. The summed E-state index contributed by atoms with van der Waals surface area (Å²) in [7, 11) is 6.44. The minimum Gasteiger partial charge on any atom is -0.481 e. The molecule has 0 aliphatic heterocycles. The van der Waals surface area contributed by atoms with E-state index in [9.17, 15) is 19.5 Å². The molecule has 7 heteroatoms. The summed E-state index contributed by atoms with van der Waals surface area (Å²) in [5.41, 5.74) is 0. The molecule has 0 aromatic heterocycles. The first kappa shape index (κ1) is 20.1. The summed E-state index contributed by atoms with van der Waals surface area (Å²) in [4.78, 5) is 37.4. The van der Waals surface area contributed by atoms with Crippen LogP contribution in [0.25, 0.3) is 0 Å². The third-order valence-corrected chi connectivity index (χ3v) is 3.21. The Balaban J connectivity index is 4.35. The van der Waals surface area contributed by atoms with Gasteiger partial charge in [0.05, 0.1) is 12.5 Å². The quantitative estimate of drug-likeness (QED) is 0.597. The van der Waals surface area contributed by atoms with E-state index in [1.807, 2.05) is 0 Å². The largest absolute Gasteiger partial charge is 0.481 e. The fourth-order valence-electron chi connectivity index (χ4n) is 1.66. The van der Waals surface area contributed by atoms with Gasteiger partial charge < -0.3 is 19.6 Å². The van der Waals surface area contributed by atoms with Gasteiger partial charge in [-0.1, -0.05) is 6.08 Å². The van der Waals surface area contributed by atoms with Crippen LogP contribution < -0.4 is 0 Å². The molecule has 0 rings (SSSR count). The maximum atomic E-state index is 11.9. The van der Waals surface area contributed by atoms with Crippen LogP contribution >= 0.6 is 0 Å². The number of aliphatic carboxylic acids is 1. The molecule has 0 saturated heterocycles. The zero-order chi connectivity index (χ0) is 17.1. The number of carbonyl (C=O) groups is 3. The van der Waals surface area contributed by atoms with Crippen molar-refractivity contribution in [3.05, 3.63) is 12.2 Å². The van der Waals surface area contributed by atoms with Crippen LogP contribution in [0.2, 0.25) is 0 Å². The predicted molar refractivity (Wildman–Crippen MR) is 82.3 cm³/mol. The highest BCUT2D eigenvalue weighted by Gasteiger charge is 2.22. The molecule has 1 N–H and O–H groups in total. The highest BCUT2D eigenvalue weighted by molar-refractivity contribution is 5.87. The molecule has 2 amide bonds. The van der Waals surface area contributed by atoms with Gasteiger partial charge in [-0.15, -0.1) is 0 Å². The van der Waals surface area contributed by atoms with E-state index in [2.05, 4.69) is 0 Å². The second-order valence-corrected chi connectivity index (χ2v) is 5.26. The number of allylic oxidation sites excluding steroid dienone is 1. The van der Waals surface area contributed by atoms with E-state index >= 15 is 0 Å². The van der Waals surface area contributed by atoms with Gasteiger partial charge in [0, 0.05) is 41.2 Å². The van der Waals surface area contributed by atoms with E-state index in [0.29, 0.717) is 26.0 Å². The highest BCUT2D eigenvalue weighted by atomic mass is 16.5. The van der Waals surface area contributed by atoms with Crippen molar-refractivity contribution in [2.45, 2.75) is 19.3 Å². The molecular formula is C15H26N2O5. The molecular weight excluding hydrogens is 288 g/mol. The molecule has 126 valence electrons. The number of likely N-dealkylation sites (N-methyl/N-ethyl adjacent to an activating group) is 2. The standard InChI is InChI=1S/C15H26N2O5/c1-16(2)13(18)8-6-5-7-12(15(20)21)11-14(19)17(3)9-10-22-4/h6,8,12H,5,7,9-11H2,1-4H3,(H,20,21)/b8-6+/t12-/m1/s1. The molecule has 1 atom stereocenters. The van der Waals surface area contributed by atoms with Gasteiger partial charge in [-0.05, 0) is 18.9 Å². The van der Waals surface area contributed by atoms with Crippen LogP contribution in [0.5, 0.6) is 0 Å². The number of carboxylic acids is 1. The maximum Gasteiger partial charge on any atom is 0.307 e. The molecule has 0 bridgehead atoms. The summed E-state index contributed by atoms with van der Waals surface area (Å²) in [6.07, 6.45) is 3.75. The third-order valence-electron chi connectivity index (χ3n) is 3.21. The van der Waals surface area contributed by atoms with Gasteiger partial charge in [0.15, 0.2) is 0 Å². The van der Waals surface area contributed by atoms with Crippen LogP contribution in [-0.2, 0) is 19.1 Å². The highest BCUT2D eigenvalue weighted by Crippen LogP contribution is 2.14. The number of carbonyl (C=O) groups excluding carboxylic acids is 2. The first-order valence-electron chi connectivity index (χ1n) is 7.13. The van der Waals surface area contributed by atoms with E-state index in [1.165, 1.54) is 15.9 Å². The summed E-state index contributed by atoms with van der Waals surface area (Å²) in [6.45, 7) is 0.842. The number of rotatable bonds is 10. The van der Waals surface area contributed by atoms with Crippen molar-refractivity contribution in [2.75, 3.05) is 41.4 Å². The van der Waals surface area contributed by atoms with Crippen LogP contribution in [0.1, 0.15) is 19.3 Å². The van der Waals surface area contributed by atoms with E-state index in [1.54, 1.807) is 34.3 Å². The molecule has 0 spiro atoms. The molecule has 0 unspecified atom stereocenters. The number of nitrogens with zero attached hydrogens (tertiary/aromatic N) is 2. The summed E-state index contributed by atoms with van der Waals surface area (Å²) in [6, 6.07) is 0. The van der Waals surface area contributed by atoms with Crippen molar-refractivity contribution in [2.24, 2.45) is 5.92 Å². The Labute approximate surface area is 131 Å². The molecule has 0 saturated carbocycles. The second kappa shape index (κ2) is 10.8. The van der Waals surface area contributed by atoms with Crippen molar-refractivity contribution in [1.82, 2.24) is 9.80 Å². The Hall–Kier alpha value is -1.89. The van der Waals surface area contributed by atoms with Crippen LogP contribution in [0.3, 0.4) is 0 Å². The van der Waals surface area contributed by atoms with Crippen LogP contribution in [-0.4, -0.2) is 74.1 Å². The molecule has 22 heavy (non-hydrogen) atoms. The smallest absolute Gasteiger partial charge is 0.307 e. The number of amides is 2. The molecule has 0 fully saturated rings. The third kappa shape index (κ3) is 8.41. The molecule has 0 aliphatic rings. The minimum absolute atomic E-state index is 0.0506. The Morgan fingerprint density at radius 2 is 1.86 bits per heavy atom. The summed E-state index contributed by atoms with van der Waals surface area (Å²) in [5.74, 6) is -2.13. The minimum atomic E-state index is -0.999. The van der Waals surface area contributed by atoms with Crippen molar-refractivity contribution >= 4 is 17.8 Å². The molecule has 0 radical (unpaired) electrons. The van der Waals surface area contributed by atoms with Crippen molar-refractivity contribution in [3.8, 4) is 0 Å². The Bertz CT molecular complexity index is 407. The van der Waals surface area contributed by atoms with Crippen molar-refractivity contribution < 1.29 is 24.2 Å². The van der Waals surface area contributed by atoms with Gasteiger partial charge in [-0.2, -0.15) is 0 Å². The average molecular weight is 314 g/mol. The second-order valence-electron chi connectivity index (χ2n) is 5.26. The maximum absolute atomic E-state index is 11.9. The Kier molecular flexibility index (Phi) is 9.86. The molecule has 7 nitrogen and oxygen atoms in total. The first-order valence-corrected chi connectivity index (χ1v) is 7.13. The van der Waals surface area contributed by atoms with Gasteiger partial charge in [-0.3, -0.25) is 14.4 Å². The van der Waals surface area contributed by atoms with E-state index in [-0.39, 0.29) is 18.2 Å². The number of carboxylic acid groups (broad SMARTS) is 1. The molecule has 0 aromatic rings. The number of hydrogen-bond acceptors (Lipinski definition) is 4. The predicted octanol–water partition coefficient (Wildman–Crippen LogP) is 0.607. The van der Waals surface area contributed by atoms with Crippen LogP contribution in [0, 0.1) is 5.92 Å². The Morgan fingerprint density at radius 3 is 2.36 bits per heavy atom. The first-order chi connectivity index (χ1) is 10.3.